The van der Waals surface area contributed by atoms with Crippen LogP contribution < -0.4 is 0 Å². The van der Waals surface area contributed by atoms with E-state index in [1.54, 1.807) is 0 Å². The predicted octanol–water partition coefficient (Wildman–Crippen LogP) is -3.88. The third kappa shape index (κ3) is 12.9. The van der Waals surface area contributed by atoms with Crippen molar-refractivity contribution in [2.24, 2.45) is 5.41 Å². The van der Waals surface area contributed by atoms with Crippen molar-refractivity contribution in [3.8, 4) is 0 Å². The summed E-state index contributed by atoms with van der Waals surface area (Å²) in [6.07, 6.45) is -3.83. The molecule has 0 unspecified atom stereocenters. The van der Waals surface area contributed by atoms with Gasteiger partial charge in [0.2, 0.25) is 0 Å². The summed E-state index contributed by atoms with van der Waals surface area (Å²) in [7, 11) is 0. The molecule has 0 saturated heterocycles. The highest BCUT2D eigenvalue weighted by atomic mass is 16.5. The maximum absolute atomic E-state index is 12.4. The van der Waals surface area contributed by atoms with Gasteiger partial charge in [0.05, 0.1) is 44.5 Å². The van der Waals surface area contributed by atoms with Crippen molar-refractivity contribution in [3.05, 3.63) is 73.3 Å². The van der Waals surface area contributed by atoms with Crippen LogP contribution in [0.25, 0.3) is 0 Å². The van der Waals surface area contributed by atoms with E-state index < -0.39 is 103 Å². The van der Waals surface area contributed by atoms with Gasteiger partial charge in [-0.3, -0.25) is 0 Å². The minimum absolute atomic E-state index is 0.266. The summed E-state index contributed by atoms with van der Waals surface area (Å²) in [6, 6.07) is 0. The number of aliphatic hydroxyl groups excluding tert-OH is 7. The van der Waals surface area contributed by atoms with Gasteiger partial charge in [-0.1, -0.05) is 0 Å². The molecule has 50 heavy (non-hydrogen) atoms. The number of aliphatic carboxylic acids is 5. The quantitative estimate of drug-likeness (QED) is 0.0258. The molecule has 0 aliphatic carbocycles. The second kappa shape index (κ2) is 20.8. The lowest BCUT2D eigenvalue weighted by atomic mass is 9.60. The van der Waals surface area contributed by atoms with Crippen molar-refractivity contribution >= 4 is 35.8 Å². The molecule has 0 radical (unpaired) electrons. The molecule has 0 aliphatic rings. The van der Waals surface area contributed by atoms with Gasteiger partial charge >= 0.3 is 35.8 Å². The first-order valence-electron chi connectivity index (χ1n) is 13.6. The van der Waals surface area contributed by atoms with Gasteiger partial charge in [0.25, 0.3) is 0 Å². The maximum atomic E-state index is 12.4. The maximum Gasteiger partial charge on any atom is 0.333 e. The first-order chi connectivity index (χ1) is 23.3. The minimum Gasteiger partial charge on any atom is -0.485 e. The Kier molecular flexibility index (Phi) is 18.6. The first kappa shape index (κ1) is 44.6. The Morgan fingerprint density at radius 3 is 1.18 bits per heavy atom. The number of carboxylic acids is 5. The van der Waals surface area contributed by atoms with Crippen molar-refractivity contribution in [2.75, 3.05) is 26.4 Å². The van der Waals surface area contributed by atoms with Crippen LogP contribution in [0.2, 0.25) is 0 Å². The Bertz CT molecular complexity index is 1320. The molecule has 0 saturated carbocycles. The lowest BCUT2D eigenvalue weighted by molar-refractivity contribution is -0.165. The molecule has 0 heterocycles. The first-order valence-corrected chi connectivity index (χ1v) is 13.6. The fourth-order valence-corrected chi connectivity index (χ4v) is 4.05. The number of hydrogen-bond acceptors (Lipinski definition) is 16. The molecule has 0 aromatic heterocycles. The van der Waals surface area contributed by atoms with Crippen molar-refractivity contribution < 1.29 is 104 Å². The summed E-state index contributed by atoms with van der Waals surface area (Å²) in [5, 5.41) is 116. The molecule has 0 spiro atoms. The summed E-state index contributed by atoms with van der Waals surface area (Å²) in [5.74, 6) is -10.2. The number of rotatable bonds is 24. The largest absolute Gasteiger partial charge is 0.485 e. The minimum atomic E-state index is -2.95. The molecule has 0 aromatic rings. The van der Waals surface area contributed by atoms with Gasteiger partial charge in [0, 0.05) is 24.3 Å². The smallest absolute Gasteiger partial charge is 0.333 e. The monoisotopic (exact) mass is 720 g/mol. The number of carbonyl (C=O) groups is 6. The number of hydrogen-bond donors (Lipinski definition) is 12. The van der Waals surface area contributed by atoms with E-state index in [2.05, 4.69) is 4.74 Å². The van der Waals surface area contributed by atoms with Gasteiger partial charge in [-0.15, -0.1) is 0 Å². The van der Waals surface area contributed by atoms with E-state index in [0.717, 1.165) is 0 Å². The van der Waals surface area contributed by atoms with E-state index in [1.807, 2.05) is 0 Å². The molecule has 0 fully saturated rings. The summed E-state index contributed by atoms with van der Waals surface area (Å²) in [6.45, 7) is -5.19. The molecular weight excluding hydrogens is 684 g/mol. The number of carbonyl (C=O) groups excluding carboxylic acids is 1. The van der Waals surface area contributed by atoms with Crippen LogP contribution in [0.5, 0.6) is 0 Å². The molecule has 0 rings (SSSR count). The fourth-order valence-electron chi connectivity index (χ4n) is 4.05. The van der Waals surface area contributed by atoms with Crippen LogP contribution in [0.15, 0.2) is 73.3 Å². The van der Waals surface area contributed by atoms with E-state index in [0.29, 0.717) is 49.0 Å². The summed E-state index contributed by atoms with van der Waals surface area (Å²) >= 11 is 0. The molecule has 4 atom stereocenters. The van der Waals surface area contributed by atoms with E-state index in [1.165, 1.54) is 0 Å². The fraction of sp³-hybridized carbons (Fsp3) is 0.379. The van der Waals surface area contributed by atoms with Gasteiger partial charge in [0.15, 0.2) is 11.2 Å². The molecule has 0 amide bonds. The van der Waals surface area contributed by atoms with Crippen LogP contribution in [0.3, 0.4) is 0 Å². The number of aliphatic hydroxyl groups is 7. The molecular formula is C29H36O21. The van der Waals surface area contributed by atoms with Crippen LogP contribution in [0, 0.1) is 5.41 Å². The zero-order chi connectivity index (χ0) is 38.7. The highest BCUT2D eigenvalue weighted by Gasteiger charge is 2.63. The van der Waals surface area contributed by atoms with Gasteiger partial charge in [0.1, 0.15) is 36.4 Å². The Morgan fingerprint density at radius 2 is 0.860 bits per heavy atom. The average molecular weight is 721 g/mol. The van der Waals surface area contributed by atoms with Crippen LogP contribution in [-0.2, 0) is 43.0 Å². The van der Waals surface area contributed by atoms with Gasteiger partial charge < -0.3 is 75.5 Å². The normalized spacial score (nSPS) is 17.4. The van der Waals surface area contributed by atoms with Gasteiger partial charge in [-0.05, 0) is 24.3 Å². The summed E-state index contributed by atoms with van der Waals surface area (Å²) in [4.78, 5) is 70.0. The van der Waals surface area contributed by atoms with Crippen molar-refractivity contribution in [1.82, 2.24) is 0 Å². The summed E-state index contributed by atoms with van der Waals surface area (Å²) in [5.41, 5.74) is -8.79. The highest BCUT2D eigenvalue weighted by molar-refractivity contribution is 5.83. The highest BCUT2D eigenvalue weighted by Crippen LogP contribution is 2.50. The molecule has 21 heteroatoms. The Balaban J connectivity index is 7.59. The lowest BCUT2D eigenvalue weighted by Crippen LogP contribution is -2.64. The Hall–Kier alpha value is -5.42. The molecule has 278 valence electrons. The second-order valence-corrected chi connectivity index (χ2v) is 9.78. The zero-order valence-corrected chi connectivity index (χ0v) is 25.6. The van der Waals surface area contributed by atoms with Crippen molar-refractivity contribution in [2.45, 2.75) is 35.6 Å². The van der Waals surface area contributed by atoms with E-state index in [-0.39, 0.29) is 24.3 Å². The lowest BCUT2D eigenvalue weighted by Gasteiger charge is -2.52. The van der Waals surface area contributed by atoms with E-state index in [4.69, 9.17) is 19.7 Å². The topological polar surface area (TPSA) is 373 Å². The van der Waals surface area contributed by atoms with E-state index in [9.17, 15) is 79.8 Å². The van der Waals surface area contributed by atoms with Gasteiger partial charge in [-0.2, -0.15) is 0 Å². The SMILES string of the molecule is O=C(O)C=COC(C=CC(=O)O)(C=CC(=O)O)C(CO)(CO)C(C=CC(=O)O)(C=CC(=O)O)OC=CC(=O)OC[C@H](O)[C@@H](O)[C@H](O)[C@H](O)CO. The second-order valence-electron chi connectivity index (χ2n) is 9.78. The third-order valence-corrected chi connectivity index (χ3v) is 6.59. The number of ether oxygens (including phenoxy) is 3. The third-order valence-electron chi connectivity index (χ3n) is 6.59. The molecule has 12 N–H and O–H groups in total. The van der Waals surface area contributed by atoms with Crippen molar-refractivity contribution in [1.29, 1.82) is 0 Å². The molecule has 21 nitrogen and oxygen atoms in total. The Labute approximate surface area is 281 Å². The van der Waals surface area contributed by atoms with Crippen LogP contribution in [0.1, 0.15) is 0 Å². The van der Waals surface area contributed by atoms with Crippen LogP contribution in [0.4, 0.5) is 0 Å². The average Bonchev–Trinajstić information content (AvgIpc) is 3.05. The standard InChI is InChI=1S/C29H36O21/c30-13-17(33)25(46)26(47)18(34)14-48-24(45)6-12-50-29(9-3-21(39)40,10-4-22(41)42)27(15-31,16-32)28(7-1-19(35)36,8-2-20(37)38)49-11-5-23(43)44/h1-12,17-18,25-26,30-34,46-47H,13-16H2,(H,35,36)(H,37,38)(H,39,40)(H,41,42)(H,43,44)/t17-,18+,25-,26-,28?,29?/m1/s1. The zero-order valence-electron chi connectivity index (χ0n) is 25.6. The summed E-state index contributed by atoms with van der Waals surface area (Å²) < 4.78 is 15.6. The number of carboxylic acid groups (broad SMARTS) is 5. The Morgan fingerprint density at radius 1 is 0.520 bits per heavy atom. The van der Waals surface area contributed by atoms with Crippen LogP contribution >= 0.6 is 0 Å². The molecule has 0 aliphatic heterocycles. The molecule has 0 aromatic carbocycles. The van der Waals surface area contributed by atoms with Crippen LogP contribution in [-0.4, -0.2) is 159 Å². The molecule has 0 bridgehead atoms. The number of esters is 1. The van der Waals surface area contributed by atoms with Crippen molar-refractivity contribution in [3.63, 3.8) is 0 Å². The van der Waals surface area contributed by atoms with E-state index >= 15 is 0 Å². The predicted molar refractivity (Wildman–Crippen MR) is 159 cm³/mol. The van der Waals surface area contributed by atoms with Gasteiger partial charge in [-0.25, -0.2) is 28.8 Å².